The highest BCUT2D eigenvalue weighted by molar-refractivity contribution is 6.04. The van der Waals surface area contributed by atoms with Gasteiger partial charge in [0.25, 0.3) is 0 Å². The number of hydrogen-bond donors (Lipinski definition) is 5. The van der Waals surface area contributed by atoms with Crippen LogP contribution in [0.1, 0.15) is 17.3 Å². The summed E-state index contributed by atoms with van der Waals surface area (Å²) in [5, 5.41) is 32.5. The molecule has 1 aliphatic heterocycles. The Morgan fingerprint density at radius 2 is 2.00 bits per heavy atom. The molecule has 140 valence electrons. The van der Waals surface area contributed by atoms with Crippen molar-refractivity contribution in [3.05, 3.63) is 36.0 Å². The maximum Gasteiger partial charge on any atom is 0.342 e. The SMILES string of the molecule is CC(=O)N[C@H]1C(OC(=O)c2c[nH]c3ccccc23)O[C@H](CO)[C@@H](O)[C@@H]1O. The normalized spacial score (nSPS) is 28.7. The highest BCUT2D eigenvalue weighted by Crippen LogP contribution is 2.25. The molecule has 5 atom stereocenters. The number of nitrogens with one attached hydrogen (secondary N) is 2. The number of carbonyl (C=O) groups is 2. The van der Waals surface area contributed by atoms with Crippen LogP contribution in [0.5, 0.6) is 0 Å². The van der Waals surface area contributed by atoms with Gasteiger partial charge in [-0.1, -0.05) is 18.2 Å². The van der Waals surface area contributed by atoms with Gasteiger partial charge >= 0.3 is 5.97 Å². The average molecular weight is 364 g/mol. The summed E-state index contributed by atoms with van der Waals surface area (Å²) in [4.78, 5) is 26.9. The summed E-state index contributed by atoms with van der Waals surface area (Å²) in [5.74, 6) is -1.23. The van der Waals surface area contributed by atoms with Crippen LogP contribution in [0.2, 0.25) is 0 Å². The first-order valence-electron chi connectivity index (χ1n) is 8.09. The summed E-state index contributed by atoms with van der Waals surface area (Å²) in [7, 11) is 0. The van der Waals surface area contributed by atoms with Crippen molar-refractivity contribution in [1.29, 1.82) is 0 Å². The van der Waals surface area contributed by atoms with E-state index in [1.807, 2.05) is 6.07 Å². The molecule has 5 N–H and O–H groups in total. The minimum absolute atomic E-state index is 0.256. The smallest absolute Gasteiger partial charge is 0.342 e. The maximum atomic E-state index is 12.6. The molecular weight excluding hydrogens is 344 g/mol. The van der Waals surface area contributed by atoms with E-state index in [-0.39, 0.29) is 5.56 Å². The van der Waals surface area contributed by atoms with Crippen LogP contribution >= 0.6 is 0 Å². The molecule has 1 aromatic carbocycles. The van der Waals surface area contributed by atoms with Crippen molar-refractivity contribution in [3.63, 3.8) is 0 Å². The first-order valence-corrected chi connectivity index (χ1v) is 8.09. The topological polar surface area (TPSA) is 141 Å². The minimum atomic E-state index is -1.48. The monoisotopic (exact) mass is 364 g/mol. The number of aromatic nitrogens is 1. The Morgan fingerprint density at radius 3 is 2.69 bits per heavy atom. The molecule has 1 aliphatic rings. The number of carbonyl (C=O) groups excluding carboxylic acids is 2. The van der Waals surface area contributed by atoms with Crippen molar-refractivity contribution in [2.24, 2.45) is 0 Å². The van der Waals surface area contributed by atoms with Crippen LogP contribution in [0.15, 0.2) is 30.5 Å². The molecule has 0 radical (unpaired) electrons. The lowest BCUT2D eigenvalue weighted by atomic mass is 9.97. The van der Waals surface area contributed by atoms with Crippen LogP contribution in [-0.2, 0) is 14.3 Å². The molecular formula is C17H20N2O7. The summed E-state index contributed by atoms with van der Waals surface area (Å²) in [6, 6.07) is 5.94. The van der Waals surface area contributed by atoms with Crippen molar-refractivity contribution in [3.8, 4) is 0 Å². The fourth-order valence-electron chi connectivity index (χ4n) is 2.98. The third-order valence-electron chi connectivity index (χ3n) is 4.28. The van der Waals surface area contributed by atoms with Gasteiger partial charge in [-0.15, -0.1) is 0 Å². The Bertz CT molecular complexity index is 805. The summed E-state index contributed by atoms with van der Waals surface area (Å²) in [6.07, 6.45) is -3.98. The van der Waals surface area contributed by atoms with Gasteiger partial charge in [0, 0.05) is 24.0 Å². The molecule has 9 nitrogen and oxygen atoms in total. The van der Waals surface area contributed by atoms with E-state index in [0.29, 0.717) is 5.39 Å². The van der Waals surface area contributed by atoms with Crippen molar-refractivity contribution >= 4 is 22.8 Å². The van der Waals surface area contributed by atoms with Crippen LogP contribution in [0.3, 0.4) is 0 Å². The number of fused-ring (bicyclic) bond motifs is 1. The third kappa shape index (κ3) is 3.42. The van der Waals surface area contributed by atoms with E-state index in [1.165, 1.54) is 13.1 Å². The molecule has 2 aromatic rings. The van der Waals surface area contributed by atoms with Gasteiger partial charge in [0.05, 0.1) is 12.2 Å². The quantitative estimate of drug-likeness (QED) is 0.450. The predicted octanol–water partition coefficient (Wildman–Crippen LogP) is -0.732. The van der Waals surface area contributed by atoms with Gasteiger partial charge in [-0.05, 0) is 6.07 Å². The predicted molar refractivity (Wildman–Crippen MR) is 89.1 cm³/mol. The molecule has 9 heteroatoms. The molecule has 0 saturated carbocycles. The number of aliphatic hydroxyl groups is 3. The maximum absolute atomic E-state index is 12.6. The van der Waals surface area contributed by atoms with Crippen LogP contribution in [0, 0.1) is 0 Å². The molecule has 1 saturated heterocycles. The van der Waals surface area contributed by atoms with E-state index in [1.54, 1.807) is 18.2 Å². The number of hydrogen-bond acceptors (Lipinski definition) is 7. The lowest BCUT2D eigenvalue weighted by molar-refractivity contribution is -0.253. The Balaban J connectivity index is 1.84. The fourth-order valence-corrected chi connectivity index (χ4v) is 2.98. The minimum Gasteiger partial charge on any atom is -0.430 e. The van der Waals surface area contributed by atoms with Crippen LogP contribution in [-0.4, -0.2) is 69.4 Å². The number of ether oxygens (including phenoxy) is 2. The van der Waals surface area contributed by atoms with Crippen molar-refractivity contribution in [2.45, 2.75) is 37.6 Å². The molecule has 2 heterocycles. The summed E-state index contributed by atoms with van der Waals surface area (Å²) < 4.78 is 10.7. The zero-order valence-electron chi connectivity index (χ0n) is 14.0. The van der Waals surface area contributed by atoms with E-state index in [0.717, 1.165) is 5.52 Å². The summed E-state index contributed by atoms with van der Waals surface area (Å²) in [6.45, 7) is 0.627. The lowest BCUT2D eigenvalue weighted by Gasteiger charge is -2.41. The number of aromatic amines is 1. The van der Waals surface area contributed by atoms with Gasteiger partial charge in [0.2, 0.25) is 12.2 Å². The lowest BCUT2D eigenvalue weighted by Crippen LogP contribution is -2.64. The zero-order valence-corrected chi connectivity index (χ0v) is 14.0. The van der Waals surface area contributed by atoms with Crippen LogP contribution in [0.25, 0.3) is 10.9 Å². The first-order chi connectivity index (χ1) is 12.4. The molecule has 0 bridgehead atoms. The summed E-state index contributed by atoms with van der Waals surface area (Å²) in [5.41, 5.74) is 0.998. The van der Waals surface area contributed by atoms with Crippen molar-refractivity contribution < 1.29 is 34.4 Å². The van der Waals surface area contributed by atoms with Gasteiger partial charge in [-0.2, -0.15) is 0 Å². The fraction of sp³-hybridized carbons (Fsp3) is 0.412. The molecule has 1 fully saturated rings. The van der Waals surface area contributed by atoms with Gasteiger partial charge in [-0.25, -0.2) is 4.79 Å². The Kier molecular flexibility index (Phi) is 5.23. The molecule has 3 rings (SSSR count). The molecule has 26 heavy (non-hydrogen) atoms. The van der Waals surface area contributed by atoms with E-state index in [4.69, 9.17) is 9.47 Å². The number of amides is 1. The van der Waals surface area contributed by atoms with Crippen molar-refractivity contribution in [2.75, 3.05) is 6.61 Å². The Morgan fingerprint density at radius 1 is 1.27 bits per heavy atom. The second-order valence-corrected chi connectivity index (χ2v) is 6.09. The summed E-state index contributed by atoms with van der Waals surface area (Å²) >= 11 is 0. The highest BCUT2D eigenvalue weighted by atomic mass is 16.7. The van der Waals surface area contributed by atoms with Crippen LogP contribution in [0.4, 0.5) is 0 Å². The number of para-hydroxylation sites is 1. The molecule has 1 aromatic heterocycles. The van der Waals surface area contributed by atoms with Crippen LogP contribution < -0.4 is 5.32 Å². The standard InChI is InChI=1S/C17H20N2O7/c1-8(21)19-13-15(23)14(22)12(7-20)25-17(13)26-16(24)10-6-18-11-5-3-2-4-9(10)11/h2-6,12-15,17-18,20,22-23H,7H2,1H3,(H,19,21)/t12-,13-,14-,15-,17?/m1/s1. The molecule has 0 spiro atoms. The molecule has 1 amide bonds. The second kappa shape index (κ2) is 7.42. The second-order valence-electron chi connectivity index (χ2n) is 6.09. The first kappa shape index (κ1) is 18.3. The molecule has 1 unspecified atom stereocenters. The largest absolute Gasteiger partial charge is 0.430 e. The van der Waals surface area contributed by atoms with Gasteiger partial charge in [-0.3, -0.25) is 4.79 Å². The molecule has 0 aliphatic carbocycles. The zero-order chi connectivity index (χ0) is 18.8. The number of benzene rings is 1. The highest BCUT2D eigenvalue weighted by Gasteiger charge is 2.46. The Labute approximate surface area is 148 Å². The third-order valence-corrected chi connectivity index (χ3v) is 4.28. The number of esters is 1. The van der Waals surface area contributed by atoms with Gasteiger partial charge < -0.3 is 35.1 Å². The van der Waals surface area contributed by atoms with Gasteiger partial charge in [0.15, 0.2) is 0 Å². The van der Waals surface area contributed by atoms with E-state index in [9.17, 15) is 24.9 Å². The number of H-pyrrole nitrogens is 1. The van der Waals surface area contributed by atoms with Gasteiger partial charge in [0.1, 0.15) is 24.4 Å². The van der Waals surface area contributed by atoms with E-state index in [2.05, 4.69) is 10.3 Å². The Hall–Kier alpha value is -2.46. The number of rotatable bonds is 4. The van der Waals surface area contributed by atoms with E-state index >= 15 is 0 Å². The average Bonchev–Trinajstić information content (AvgIpc) is 3.05. The van der Waals surface area contributed by atoms with Crippen molar-refractivity contribution in [1.82, 2.24) is 10.3 Å². The number of aliphatic hydroxyl groups excluding tert-OH is 3. The van der Waals surface area contributed by atoms with E-state index < -0.39 is 49.1 Å².